The van der Waals surface area contributed by atoms with Crippen LogP contribution in [0.15, 0.2) is 0 Å². The fraction of sp³-hybridized carbons (Fsp3) is 0.667. The second-order valence-electron chi connectivity index (χ2n) is 1.16. The highest BCUT2D eigenvalue weighted by atomic mass is 32.2. The van der Waals surface area contributed by atoms with E-state index in [1.54, 1.807) is 6.92 Å². The van der Waals surface area contributed by atoms with Gasteiger partial charge in [-0.2, -0.15) is 0 Å². The molecule has 1 N–H and O–H groups in total. The van der Waals surface area contributed by atoms with Crippen LogP contribution in [-0.2, 0) is 17.2 Å². The van der Waals surface area contributed by atoms with E-state index in [2.05, 4.69) is 30.7 Å². The molecule has 0 rings (SSSR count). The van der Waals surface area contributed by atoms with E-state index < -0.39 is 0 Å². The molecule has 3 nitrogen and oxygen atoms in total. The number of rotatable bonds is 2. The Hall–Kier alpha value is -0.160. The van der Waals surface area contributed by atoms with Gasteiger partial charge in [-0.1, -0.05) is 6.92 Å². The Bertz CT molecular complexity index is 114. The van der Waals surface area contributed by atoms with Crippen LogP contribution in [0.1, 0.15) is 13.3 Å². The molecule has 0 saturated heterocycles. The third-order valence-corrected chi connectivity index (χ3v) is 0.733. The molecule has 0 aliphatic rings. The summed E-state index contributed by atoms with van der Waals surface area (Å²) in [6.07, 6.45) is 0.424. The number of amides is 1. The van der Waals surface area contributed by atoms with E-state index in [-0.39, 0.29) is 5.91 Å². The quantitative estimate of drug-likeness (QED) is 0.331. The second kappa shape index (κ2) is 3.80. The Morgan fingerprint density at radius 3 is 2.62 bits per heavy atom. The van der Waals surface area contributed by atoms with Gasteiger partial charge in [0.15, 0.2) is 12.8 Å². The molecule has 0 aromatic rings. The highest BCUT2D eigenvalue weighted by Gasteiger charge is 2.00. The van der Waals surface area contributed by atoms with Crippen molar-refractivity contribution in [1.29, 1.82) is 0 Å². The first-order valence-corrected chi connectivity index (χ1v) is 2.89. The molecule has 0 unspecified atom stereocenters. The van der Waals surface area contributed by atoms with E-state index in [9.17, 15) is 4.79 Å². The van der Waals surface area contributed by atoms with E-state index in [1.165, 1.54) is 0 Å². The minimum atomic E-state index is -0.130. The van der Waals surface area contributed by atoms with Gasteiger partial charge in [0, 0.05) is 9.88 Å². The largest absolute Gasteiger partial charge is 0.314 e. The predicted octanol–water partition coefficient (Wildman–Crippen LogP) is 0.0154. The van der Waals surface area contributed by atoms with Crippen LogP contribution in [0.2, 0.25) is 0 Å². The lowest BCUT2D eigenvalue weighted by Crippen LogP contribution is -2.26. The summed E-state index contributed by atoms with van der Waals surface area (Å²) >= 11 is 7.99. The highest BCUT2D eigenvalue weighted by molar-refractivity contribution is 7.76. The summed E-state index contributed by atoms with van der Waals surface area (Å²) in [5, 5.41) is 0. The number of hydrazine groups is 1. The third-order valence-electron chi connectivity index (χ3n) is 0.541. The molecule has 0 fully saturated rings. The SMILES string of the molecule is CCC(=O)N[N+](=S)S. The van der Waals surface area contributed by atoms with Gasteiger partial charge in [0.05, 0.1) is 0 Å². The van der Waals surface area contributed by atoms with E-state index in [4.69, 9.17) is 0 Å². The van der Waals surface area contributed by atoms with Crippen LogP contribution in [0.5, 0.6) is 0 Å². The fourth-order valence-corrected chi connectivity index (χ4v) is 0.399. The first-order chi connectivity index (χ1) is 3.66. The lowest BCUT2D eigenvalue weighted by atomic mass is 10.5. The summed E-state index contributed by atoms with van der Waals surface area (Å²) < 4.78 is 0.909. The lowest BCUT2D eigenvalue weighted by Gasteiger charge is -1.87. The van der Waals surface area contributed by atoms with Crippen molar-refractivity contribution in [2.45, 2.75) is 13.3 Å². The van der Waals surface area contributed by atoms with Crippen LogP contribution in [0.25, 0.3) is 0 Å². The molecule has 0 heterocycles. The minimum Gasteiger partial charge on any atom is -0.269 e. The van der Waals surface area contributed by atoms with Crippen molar-refractivity contribution in [3.63, 3.8) is 0 Å². The predicted molar refractivity (Wildman–Crippen MR) is 35.0 cm³/mol. The molecular formula is C3H7N2OS2+. The van der Waals surface area contributed by atoms with Gasteiger partial charge < -0.3 is 0 Å². The number of carbonyl (C=O) groups excluding carboxylic acids is 1. The van der Waals surface area contributed by atoms with Gasteiger partial charge in [0.1, 0.15) is 0 Å². The Morgan fingerprint density at radius 2 is 2.50 bits per heavy atom. The van der Waals surface area contributed by atoms with E-state index in [1.807, 2.05) is 0 Å². The Labute approximate surface area is 58.7 Å². The number of carbonyl (C=O) groups is 1. The van der Waals surface area contributed by atoms with Crippen LogP contribution >= 0.6 is 12.8 Å². The first-order valence-electron chi connectivity index (χ1n) is 2.12. The highest BCUT2D eigenvalue weighted by Crippen LogP contribution is 1.75. The van der Waals surface area contributed by atoms with Crippen molar-refractivity contribution in [3.8, 4) is 0 Å². The maximum Gasteiger partial charge on any atom is 0.314 e. The average Bonchev–Trinajstić information content (AvgIpc) is 1.65. The number of hydrogen-bond donors (Lipinski definition) is 2. The Morgan fingerprint density at radius 1 is 2.00 bits per heavy atom. The molecule has 0 aromatic carbocycles. The number of hydrogen-bond acceptors (Lipinski definition) is 2. The van der Waals surface area contributed by atoms with Gasteiger partial charge in [-0.25, -0.2) is 0 Å². The molecule has 0 bridgehead atoms. The zero-order valence-corrected chi connectivity index (χ0v) is 6.13. The van der Waals surface area contributed by atoms with Gasteiger partial charge >= 0.3 is 12.4 Å². The molecular weight excluding hydrogens is 144 g/mol. The molecule has 0 spiro atoms. The maximum atomic E-state index is 10.4. The summed E-state index contributed by atoms with van der Waals surface area (Å²) in [6.45, 7) is 1.74. The molecule has 0 aliphatic carbocycles. The second-order valence-corrected chi connectivity index (χ2v) is 2.20. The van der Waals surface area contributed by atoms with Crippen LogP contribution < -0.4 is 5.43 Å². The van der Waals surface area contributed by atoms with Crippen molar-refractivity contribution >= 4 is 31.1 Å². The van der Waals surface area contributed by atoms with E-state index in [0.29, 0.717) is 6.42 Å². The summed E-state index contributed by atoms with van der Waals surface area (Å²) in [5.74, 6) is -0.130. The van der Waals surface area contributed by atoms with Gasteiger partial charge in [-0.3, -0.25) is 4.79 Å². The Kier molecular flexibility index (Phi) is 3.72. The van der Waals surface area contributed by atoms with Crippen molar-refractivity contribution in [3.05, 3.63) is 0 Å². The van der Waals surface area contributed by atoms with Gasteiger partial charge in [0.2, 0.25) is 0 Å². The van der Waals surface area contributed by atoms with Gasteiger partial charge in [-0.05, 0) is 0 Å². The van der Waals surface area contributed by atoms with Crippen LogP contribution in [0.4, 0.5) is 0 Å². The fourth-order valence-electron chi connectivity index (χ4n) is 0.186. The third kappa shape index (κ3) is 4.01. The molecule has 0 aliphatic heterocycles. The maximum absolute atomic E-state index is 10.4. The summed E-state index contributed by atoms with van der Waals surface area (Å²) in [5.41, 5.74) is 2.27. The normalized spacial score (nSPS) is 8.25. The van der Waals surface area contributed by atoms with Crippen molar-refractivity contribution in [1.82, 2.24) is 5.43 Å². The monoisotopic (exact) mass is 151 g/mol. The summed E-state index contributed by atoms with van der Waals surface area (Å²) in [7, 11) is 0. The summed E-state index contributed by atoms with van der Waals surface area (Å²) in [6, 6.07) is 0. The van der Waals surface area contributed by atoms with Crippen molar-refractivity contribution < 1.29 is 8.25 Å². The van der Waals surface area contributed by atoms with Crippen LogP contribution in [0.3, 0.4) is 0 Å². The zero-order valence-electron chi connectivity index (χ0n) is 4.42. The molecule has 0 radical (unpaired) electrons. The number of nitrogens with one attached hydrogen (secondary N) is 1. The first kappa shape index (κ1) is 7.84. The summed E-state index contributed by atoms with van der Waals surface area (Å²) in [4.78, 5) is 10.4. The minimum absolute atomic E-state index is 0.130. The van der Waals surface area contributed by atoms with Gasteiger partial charge in [-0.15, -0.1) is 5.43 Å². The number of nitrogens with zero attached hydrogens (tertiary/aromatic N) is 1. The average molecular weight is 151 g/mol. The van der Waals surface area contributed by atoms with Crippen molar-refractivity contribution in [2.75, 3.05) is 0 Å². The topological polar surface area (TPSA) is 32.1 Å². The molecule has 1 amide bonds. The lowest BCUT2D eigenvalue weighted by molar-refractivity contribution is -0.370. The molecule has 5 heteroatoms. The standard InChI is InChI=1S/C3H6N2OS2/c1-2-3(6)4-5(7)8/h2H2,1H3,(H-,4,6,7,8)/p+1. The Balaban J connectivity index is 3.40. The number of thiol groups is 1. The van der Waals surface area contributed by atoms with E-state index in [0.717, 1.165) is 3.46 Å². The van der Waals surface area contributed by atoms with Gasteiger partial charge in [0.25, 0.3) is 5.91 Å². The molecule has 8 heavy (non-hydrogen) atoms. The zero-order chi connectivity index (χ0) is 6.57. The van der Waals surface area contributed by atoms with Crippen molar-refractivity contribution in [2.24, 2.45) is 0 Å². The van der Waals surface area contributed by atoms with E-state index >= 15 is 0 Å². The smallest absolute Gasteiger partial charge is 0.269 e. The van der Waals surface area contributed by atoms with Crippen LogP contribution in [-0.4, -0.2) is 9.37 Å². The molecule has 46 valence electrons. The molecule has 0 aromatic heterocycles. The molecule has 0 atom stereocenters. The van der Waals surface area contributed by atoms with Crippen LogP contribution in [0, 0.1) is 0 Å². The molecule has 0 saturated carbocycles.